The van der Waals surface area contributed by atoms with Crippen molar-refractivity contribution in [2.75, 3.05) is 23.9 Å². The number of nitrogens with zero attached hydrogens (tertiary/aromatic N) is 1. The summed E-state index contributed by atoms with van der Waals surface area (Å²) in [7, 11) is 1.31. The standard InChI is InChI=1S/C13H14N2O3/c1-3-10(13(17)18-2)15-8-12(16)14-9-6-4-5-7-11(9)15/h3-7,10H,1,8H2,2H3,(H,14,16). The van der Waals surface area contributed by atoms with Crippen LogP contribution in [0.1, 0.15) is 0 Å². The molecule has 1 amide bonds. The zero-order valence-electron chi connectivity index (χ0n) is 10.1. The Bertz CT molecular complexity index is 499. The zero-order valence-corrected chi connectivity index (χ0v) is 10.1. The van der Waals surface area contributed by atoms with Crippen LogP contribution in [0.3, 0.4) is 0 Å². The van der Waals surface area contributed by atoms with Crippen molar-refractivity contribution in [2.24, 2.45) is 0 Å². The second-order valence-corrected chi connectivity index (χ2v) is 3.90. The normalized spacial score (nSPS) is 15.4. The Morgan fingerprint density at radius 1 is 1.56 bits per heavy atom. The van der Waals surface area contributed by atoms with Crippen molar-refractivity contribution in [3.63, 3.8) is 0 Å². The number of anilines is 2. The van der Waals surface area contributed by atoms with E-state index in [1.807, 2.05) is 18.2 Å². The van der Waals surface area contributed by atoms with Crippen LogP contribution in [0.25, 0.3) is 0 Å². The fraction of sp³-hybridized carbons (Fsp3) is 0.231. The van der Waals surface area contributed by atoms with Gasteiger partial charge < -0.3 is 15.0 Å². The number of benzene rings is 1. The Morgan fingerprint density at radius 2 is 2.28 bits per heavy atom. The number of carbonyl (C=O) groups is 2. The van der Waals surface area contributed by atoms with Crippen LogP contribution in [-0.2, 0) is 14.3 Å². The first-order valence-corrected chi connectivity index (χ1v) is 5.53. The van der Waals surface area contributed by atoms with Crippen LogP contribution in [0.5, 0.6) is 0 Å². The molecule has 5 heteroatoms. The lowest BCUT2D eigenvalue weighted by Gasteiger charge is -2.34. The number of carbonyl (C=O) groups excluding carboxylic acids is 2. The summed E-state index contributed by atoms with van der Waals surface area (Å²) in [5.41, 5.74) is 1.47. The summed E-state index contributed by atoms with van der Waals surface area (Å²) >= 11 is 0. The van der Waals surface area contributed by atoms with Crippen molar-refractivity contribution in [1.29, 1.82) is 0 Å². The minimum absolute atomic E-state index is 0.1000. The number of ether oxygens (including phenoxy) is 1. The Kier molecular flexibility index (Phi) is 3.32. The lowest BCUT2D eigenvalue weighted by molar-refractivity contribution is -0.141. The molecule has 1 unspecified atom stereocenters. The molecule has 1 aromatic carbocycles. The predicted molar refractivity (Wildman–Crippen MR) is 68.4 cm³/mol. The molecule has 0 fully saturated rings. The molecule has 2 rings (SSSR count). The van der Waals surface area contributed by atoms with Crippen LogP contribution in [-0.4, -0.2) is 31.6 Å². The van der Waals surface area contributed by atoms with E-state index < -0.39 is 12.0 Å². The summed E-state index contributed by atoms with van der Waals surface area (Å²) in [4.78, 5) is 25.0. The van der Waals surface area contributed by atoms with Gasteiger partial charge in [0, 0.05) is 0 Å². The van der Waals surface area contributed by atoms with Crippen LogP contribution >= 0.6 is 0 Å². The fourth-order valence-electron chi connectivity index (χ4n) is 1.98. The van der Waals surface area contributed by atoms with Gasteiger partial charge in [0.25, 0.3) is 0 Å². The van der Waals surface area contributed by atoms with E-state index in [9.17, 15) is 9.59 Å². The Hall–Kier alpha value is -2.30. The average Bonchev–Trinajstić information content (AvgIpc) is 2.39. The van der Waals surface area contributed by atoms with Crippen LogP contribution < -0.4 is 10.2 Å². The molecule has 1 heterocycles. The highest BCUT2D eigenvalue weighted by molar-refractivity contribution is 6.03. The molecule has 0 saturated carbocycles. The highest BCUT2D eigenvalue weighted by Gasteiger charge is 2.30. The van der Waals surface area contributed by atoms with Crippen LogP contribution in [0, 0.1) is 0 Å². The van der Waals surface area contributed by atoms with Crippen LogP contribution in [0.15, 0.2) is 36.9 Å². The first-order valence-electron chi connectivity index (χ1n) is 5.53. The molecule has 1 aliphatic rings. The third-order valence-electron chi connectivity index (χ3n) is 2.80. The molecule has 0 spiro atoms. The number of amides is 1. The van der Waals surface area contributed by atoms with Crippen molar-refractivity contribution < 1.29 is 14.3 Å². The molecule has 1 aliphatic heterocycles. The van der Waals surface area contributed by atoms with E-state index >= 15 is 0 Å². The maximum absolute atomic E-state index is 11.7. The summed E-state index contributed by atoms with van der Waals surface area (Å²) < 4.78 is 4.72. The third kappa shape index (κ3) is 2.07. The van der Waals surface area contributed by atoms with Crippen molar-refractivity contribution in [3.05, 3.63) is 36.9 Å². The summed E-state index contributed by atoms with van der Waals surface area (Å²) in [5, 5.41) is 2.76. The van der Waals surface area contributed by atoms with Gasteiger partial charge in [0.15, 0.2) is 0 Å². The van der Waals surface area contributed by atoms with Crippen molar-refractivity contribution in [1.82, 2.24) is 0 Å². The Balaban J connectivity index is 2.41. The molecule has 18 heavy (non-hydrogen) atoms. The van der Waals surface area contributed by atoms with E-state index in [1.165, 1.54) is 13.2 Å². The third-order valence-corrected chi connectivity index (χ3v) is 2.80. The first-order chi connectivity index (χ1) is 8.67. The highest BCUT2D eigenvalue weighted by atomic mass is 16.5. The number of hydrogen-bond donors (Lipinski definition) is 1. The average molecular weight is 246 g/mol. The number of methoxy groups -OCH3 is 1. The van der Waals surface area contributed by atoms with E-state index in [-0.39, 0.29) is 12.5 Å². The quantitative estimate of drug-likeness (QED) is 0.642. The second kappa shape index (κ2) is 4.91. The second-order valence-electron chi connectivity index (χ2n) is 3.90. The molecule has 0 aliphatic carbocycles. The molecule has 1 aromatic rings. The molecule has 1 N–H and O–H groups in total. The number of rotatable bonds is 3. The largest absolute Gasteiger partial charge is 0.467 e. The van der Waals surface area contributed by atoms with Gasteiger partial charge in [0.05, 0.1) is 25.0 Å². The minimum atomic E-state index is -0.665. The molecule has 1 atom stereocenters. The summed E-state index contributed by atoms with van der Waals surface area (Å²) in [6.45, 7) is 3.73. The van der Waals surface area contributed by atoms with Gasteiger partial charge in [-0.25, -0.2) is 4.79 Å². The summed E-state index contributed by atoms with van der Waals surface area (Å²) in [6, 6.07) is 6.64. The van der Waals surface area contributed by atoms with E-state index in [1.54, 1.807) is 11.0 Å². The number of para-hydroxylation sites is 2. The van der Waals surface area contributed by atoms with Gasteiger partial charge >= 0.3 is 5.97 Å². The molecule has 94 valence electrons. The molecule has 0 radical (unpaired) electrons. The number of esters is 1. The molecule has 5 nitrogen and oxygen atoms in total. The summed E-state index contributed by atoms with van der Waals surface area (Å²) in [6.07, 6.45) is 1.47. The predicted octanol–water partition coefficient (Wildman–Crippen LogP) is 1.17. The zero-order chi connectivity index (χ0) is 13.1. The van der Waals surface area contributed by atoms with Gasteiger partial charge in [-0.3, -0.25) is 4.79 Å². The highest BCUT2D eigenvalue weighted by Crippen LogP contribution is 2.30. The van der Waals surface area contributed by atoms with Crippen molar-refractivity contribution in [2.45, 2.75) is 6.04 Å². The van der Waals surface area contributed by atoms with Gasteiger partial charge in [-0.1, -0.05) is 18.2 Å². The Labute approximate surface area is 105 Å². The number of fused-ring (bicyclic) bond motifs is 1. The Morgan fingerprint density at radius 3 is 2.94 bits per heavy atom. The van der Waals surface area contributed by atoms with Gasteiger partial charge in [0.1, 0.15) is 6.04 Å². The topological polar surface area (TPSA) is 58.6 Å². The molecular formula is C13H14N2O3. The van der Waals surface area contributed by atoms with Gasteiger partial charge in [-0.15, -0.1) is 6.58 Å². The van der Waals surface area contributed by atoms with E-state index in [4.69, 9.17) is 4.74 Å². The molecule has 0 saturated heterocycles. The molecule has 0 bridgehead atoms. The maximum atomic E-state index is 11.7. The van der Waals surface area contributed by atoms with Gasteiger partial charge in [-0.05, 0) is 12.1 Å². The van der Waals surface area contributed by atoms with Crippen LogP contribution in [0.2, 0.25) is 0 Å². The minimum Gasteiger partial charge on any atom is -0.467 e. The van der Waals surface area contributed by atoms with E-state index in [0.29, 0.717) is 5.69 Å². The lowest BCUT2D eigenvalue weighted by Crippen LogP contribution is -2.47. The molecule has 0 aromatic heterocycles. The SMILES string of the molecule is C=CC(C(=O)OC)N1CC(=O)Nc2ccccc21. The maximum Gasteiger partial charge on any atom is 0.332 e. The molecular weight excluding hydrogens is 232 g/mol. The number of hydrogen-bond acceptors (Lipinski definition) is 4. The monoisotopic (exact) mass is 246 g/mol. The van der Waals surface area contributed by atoms with Crippen LogP contribution in [0.4, 0.5) is 11.4 Å². The number of nitrogens with one attached hydrogen (secondary N) is 1. The van der Waals surface area contributed by atoms with Gasteiger partial charge in [0.2, 0.25) is 5.91 Å². The lowest BCUT2D eigenvalue weighted by atomic mass is 10.1. The van der Waals surface area contributed by atoms with E-state index in [0.717, 1.165) is 5.69 Å². The van der Waals surface area contributed by atoms with E-state index in [2.05, 4.69) is 11.9 Å². The fourth-order valence-corrected chi connectivity index (χ4v) is 1.98. The summed E-state index contributed by atoms with van der Waals surface area (Å²) in [5.74, 6) is -0.598. The van der Waals surface area contributed by atoms with Crippen molar-refractivity contribution in [3.8, 4) is 0 Å². The smallest absolute Gasteiger partial charge is 0.332 e. The first kappa shape index (κ1) is 12.2. The van der Waals surface area contributed by atoms with Gasteiger partial charge in [-0.2, -0.15) is 0 Å². The van der Waals surface area contributed by atoms with Crippen molar-refractivity contribution >= 4 is 23.3 Å².